The molecule has 0 saturated heterocycles. The monoisotopic (exact) mass is 634 g/mol. The minimum absolute atomic E-state index is 0.0234. The fourth-order valence-corrected chi connectivity index (χ4v) is 4.78. The number of halogens is 11. The first-order chi connectivity index (χ1) is 19.2. The standard InChI is InChI=1S/C28H29F11N2O2/c1-22(2)10-12-40(14-16(22)20(42)25(31,32)24(5,29)30)18-8-6-7-9-19(18)41-13-11-23(3,4)17(15-41)21(43)26(33,34)27(35,36)28(37,38)39/h6-9,14-15H,10-13H2,1-5H3. The topological polar surface area (TPSA) is 40.6 Å². The number of alkyl halides is 11. The number of hydrogen-bond donors (Lipinski definition) is 0. The molecule has 3 rings (SSSR count). The molecule has 0 bridgehead atoms. The van der Waals surface area contributed by atoms with Crippen LogP contribution in [-0.4, -0.2) is 54.5 Å². The lowest BCUT2D eigenvalue weighted by atomic mass is 9.75. The molecule has 2 aliphatic rings. The van der Waals surface area contributed by atoms with Gasteiger partial charge in [-0.1, -0.05) is 39.8 Å². The first kappa shape index (κ1) is 34.4. The molecule has 0 N–H and O–H groups in total. The van der Waals surface area contributed by atoms with E-state index in [1.807, 2.05) is 0 Å². The number of ketones is 2. The van der Waals surface area contributed by atoms with Crippen LogP contribution in [0.3, 0.4) is 0 Å². The summed E-state index contributed by atoms with van der Waals surface area (Å²) in [5, 5.41) is 0. The molecule has 0 atom stereocenters. The number of nitrogens with zero attached hydrogens (tertiary/aromatic N) is 2. The van der Waals surface area contributed by atoms with E-state index >= 15 is 0 Å². The summed E-state index contributed by atoms with van der Waals surface area (Å²) in [7, 11) is 0. The highest BCUT2D eigenvalue weighted by atomic mass is 19.4. The van der Waals surface area contributed by atoms with Gasteiger partial charge in [0, 0.05) is 43.6 Å². The molecule has 2 heterocycles. The summed E-state index contributed by atoms with van der Waals surface area (Å²) in [5.41, 5.74) is -4.24. The van der Waals surface area contributed by atoms with Crippen molar-refractivity contribution in [2.24, 2.45) is 10.8 Å². The molecular formula is C28H29F11N2O2. The molecule has 240 valence electrons. The average Bonchev–Trinajstić information content (AvgIpc) is 2.86. The Hall–Kier alpha value is -3.13. The zero-order valence-corrected chi connectivity index (χ0v) is 23.7. The summed E-state index contributed by atoms with van der Waals surface area (Å²) < 4.78 is 151. The van der Waals surface area contributed by atoms with Crippen molar-refractivity contribution in [3.63, 3.8) is 0 Å². The largest absolute Gasteiger partial charge is 0.460 e. The van der Waals surface area contributed by atoms with Crippen molar-refractivity contribution in [1.82, 2.24) is 0 Å². The van der Waals surface area contributed by atoms with Crippen molar-refractivity contribution in [3.8, 4) is 0 Å². The number of para-hydroxylation sites is 2. The van der Waals surface area contributed by atoms with Gasteiger partial charge in [0.05, 0.1) is 11.4 Å². The second-order valence-electron chi connectivity index (χ2n) is 12.0. The Morgan fingerprint density at radius 1 is 0.651 bits per heavy atom. The Kier molecular flexibility index (Phi) is 8.39. The maximum Gasteiger partial charge on any atom is 0.460 e. The summed E-state index contributed by atoms with van der Waals surface area (Å²) in [6.07, 6.45) is -5.15. The van der Waals surface area contributed by atoms with Crippen molar-refractivity contribution in [2.45, 2.75) is 77.3 Å². The molecule has 0 unspecified atom stereocenters. The van der Waals surface area contributed by atoms with Crippen LogP contribution in [0.15, 0.2) is 47.8 Å². The van der Waals surface area contributed by atoms with E-state index in [0.717, 1.165) is 17.3 Å². The van der Waals surface area contributed by atoms with Crippen LogP contribution in [0.5, 0.6) is 0 Å². The zero-order valence-electron chi connectivity index (χ0n) is 23.7. The number of carbonyl (C=O) groups is 2. The Morgan fingerprint density at radius 2 is 1.00 bits per heavy atom. The maximum atomic E-state index is 14.4. The molecule has 0 amide bonds. The molecule has 0 fully saturated rings. The molecule has 2 aliphatic heterocycles. The molecule has 0 saturated carbocycles. The molecular weight excluding hydrogens is 605 g/mol. The fourth-order valence-electron chi connectivity index (χ4n) is 4.78. The maximum absolute atomic E-state index is 14.4. The van der Waals surface area contributed by atoms with Crippen LogP contribution in [0.25, 0.3) is 0 Å². The van der Waals surface area contributed by atoms with Crippen LogP contribution in [0.1, 0.15) is 47.5 Å². The molecule has 0 spiro atoms. The Labute approximate surface area is 240 Å². The number of anilines is 2. The van der Waals surface area contributed by atoms with Gasteiger partial charge in [0.1, 0.15) is 0 Å². The van der Waals surface area contributed by atoms with E-state index in [0.29, 0.717) is 0 Å². The minimum Gasteiger partial charge on any atom is -0.346 e. The third-order valence-electron chi connectivity index (χ3n) is 7.85. The van der Waals surface area contributed by atoms with Crippen LogP contribution >= 0.6 is 0 Å². The molecule has 43 heavy (non-hydrogen) atoms. The van der Waals surface area contributed by atoms with E-state index in [1.54, 1.807) is 0 Å². The molecule has 15 heteroatoms. The van der Waals surface area contributed by atoms with Gasteiger partial charge in [-0.25, -0.2) is 0 Å². The SMILES string of the molecule is CC1(C)CCN(c2ccccc2N2C=C(C(=O)C(F)(F)C(F)(F)C(F)(F)F)C(C)(C)CC2)C=C1C(=O)C(F)(F)C(C)(F)F. The molecule has 0 radical (unpaired) electrons. The van der Waals surface area contributed by atoms with Crippen LogP contribution in [-0.2, 0) is 9.59 Å². The molecule has 0 aromatic heterocycles. The number of rotatable bonds is 8. The van der Waals surface area contributed by atoms with E-state index in [1.165, 1.54) is 56.9 Å². The predicted octanol–water partition coefficient (Wildman–Crippen LogP) is 8.19. The third kappa shape index (κ3) is 5.87. The summed E-state index contributed by atoms with van der Waals surface area (Å²) in [6, 6.07) is 5.68. The van der Waals surface area contributed by atoms with Crippen LogP contribution < -0.4 is 9.80 Å². The van der Waals surface area contributed by atoms with Gasteiger partial charge in [0.2, 0.25) is 11.6 Å². The van der Waals surface area contributed by atoms with E-state index in [9.17, 15) is 57.9 Å². The van der Waals surface area contributed by atoms with E-state index in [2.05, 4.69) is 0 Å². The van der Waals surface area contributed by atoms with Gasteiger partial charge >= 0.3 is 29.9 Å². The van der Waals surface area contributed by atoms with E-state index < -0.39 is 63.4 Å². The normalized spacial score (nSPS) is 20.0. The highest BCUT2D eigenvalue weighted by Crippen LogP contribution is 2.51. The lowest BCUT2D eigenvalue weighted by Crippen LogP contribution is -2.57. The number of hydrogen-bond acceptors (Lipinski definition) is 4. The summed E-state index contributed by atoms with van der Waals surface area (Å²) in [5.74, 6) is -27.4. The van der Waals surface area contributed by atoms with Gasteiger partial charge < -0.3 is 9.80 Å². The summed E-state index contributed by atoms with van der Waals surface area (Å²) in [4.78, 5) is 27.8. The lowest BCUT2D eigenvalue weighted by Gasteiger charge is -2.41. The minimum atomic E-state index is -6.72. The van der Waals surface area contributed by atoms with Gasteiger partial charge in [0.15, 0.2) is 0 Å². The van der Waals surface area contributed by atoms with E-state index in [-0.39, 0.29) is 44.2 Å². The molecule has 0 aliphatic carbocycles. The average molecular weight is 635 g/mol. The van der Waals surface area contributed by atoms with Crippen molar-refractivity contribution in [3.05, 3.63) is 47.8 Å². The van der Waals surface area contributed by atoms with Crippen molar-refractivity contribution < 1.29 is 57.9 Å². The van der Waals surface area contributed by atoms with Gasteiger partial charge in [-0.05, 0) is 35.8 Å². The highest BCUT2D eigenvalue weighted by Gasteiger charge is 2.76. The molecule has 1 aromatic carbocycles. The predicted molar refractivity (Wildman–Crippen MR) is 136 cm³/mol. The molecule has 4 nitrogen and oxygen atoms in total. The number of benzene rings is 1. The van der Waals surface area contributed by atoms with Crippen molar-refractivity contribution >= 4 is 22.9 Å². The first-order valence-corrected chi connectivity index (χ1v) is 12.9. The van der Waals surface area contributed by atoms with Crippen LogP contribution in [0.4, 0.5) is 59.7 Å². The zero-order chi connectivity index (χ0) is 33.2. The Balaban J connectivity index is 2.12. The van der Waals surface area contributed by atoms with Crippen LogP contribution in [0.2, 0.25) is 0 Å². The van der Waals surface area contributed by atoms with Gasteiger partial charge in [-0.15, -0.1) is 0 Å². The van der Waals surface area contributed by atoms with Gasteiger partial charge in [-0.2, -0.15) is 48.3 Å². The van der Waals surface area contributed by atoms with Gasteiger partial charge in [-0.3, -0.25) is 9.59 Å². The quantitative estimate of drug-likeness (QED) is 0.271. The summed E-state index contributed by atoms with van der Waals surface area (Å²) in [6.45, 7) is 5.18. The molecule has 1 aromatic rings. The van der Waals surface area contributed by atoms with Gasteiger partial charge in [0.25, 0.3) is 0 Å². The Morgan fingerprint density at radius 3 is 1.33 bits per heavy atom. The first-order valence-electron chi connectivity index (χ1n) is 12.9. The highest BCUT2D eigenvalue weighted by molar-refractivity contribution is 6.04. The van der Waals surface area contributed by atoms with E-state index in [4.69, 9.17) is 0 Å². The van der Waals surface area contributed by atoms with Crippen LogP contribution in [0, 0.1) is 10.8 Å². The van der Waals surface area contributed by atoms with Crippen molar-refractivity contribution in [1.29, 1.82) is 0 Å². The Bertz CT molecular complexity index is 1340. The summed E-state index contributed by atoms with van der Waals surface area (Å²) >= 11 is 0. The number of allylic oxidation sites excluding steroid dienone is 2. The second kappa shape index (κ2) is 10.5. The fraction of sp³-hybridized carbons (Fsp3) is 0.571. The third-order valence-corrected chi connectivity index (χ3v) is 7.85. The second-order valence-corrected chi connectivity index (χ2v) is 12.0. The number of carbonyl (C=O) groups excluding carboxylic acids is 2. The number of Topliss-reactive ketones (excluding diaryl/α,β-unsaturated/α-hetero) is 2. The smallest absolute Gasteiger partial charge is 0.346 e. The van der Waals surface area contributed by atoms with Crippen molar-refractivity contribution in [2.75, 3.05) is 22.9 Å². The lowest BCUT2D eigenvalue weighted by molar-refractivity contribution is -0.343.